The molecule has 0 bridgehead atoms. The van der Waals surface area contributed by atoms with Crippen molar-refractivity contribution in [2.75, 3.05) is 26.2 Å². The molecule has 2 atom stereocenters. The van der Waals surface area contributed by atoms with E-state index in [1.54, 1.807) is 0 Å². The lowest BCUT2D eigenvalue weighted by Gasteiger charge is -2.33. The summed E-state index contributed by atoms with van der Waals surface area (Å²) in [4.78, 5) is 14.5. The molecule has 2 amide bonds. The molecule has 0 aromatic carbocycles. The fraction of sp³-hybridized carbons (Fsp3) is 0.941. The van der Waals surface area contributed by atoms with E-state index >= 15 is 0 Å². The Kier molecular flexibility index (Phi) is 6.96. The van der Waals surface area contributed by atoms with Gasteiger partial charge in [-0.05, 0) is 43.9 Å². The van der Waals surface area contributed by atoms with Crippen LogP contribution in [0.25, 0.3) is 0 Å². The maximum absolute atomic E-state index is 12.0. The summed E-state index contributed by atoms with van der Waals surface area (Å²) in [6.07, 6.45) is 5.85. The number of urea groups is 1. The fourth-order valence-corrected chi connectivity index (χ4v) is 3.70. The molecule has 1 saturated heterocycles. The van der Waals surface area contributed by atoms with Crippen molar-refractivity contribution in [2.45, 2.75) is 64.5 Å². The van der Waals surface area contributed by atoms with Crippen molar-refractivity contribution < 1.29 is 9.90 Å². The molecule has 2 rings (SSSR count). The quantitative estimate of drug-likeness (QED) is 0.727. The maximum Gasteiger partial charge on any atom is 0.315 e. The molecule has 0 aromatic rings. The van der Waals surface area contributed by atoms with E-state index in [1.165, 1.54) is 0 Å². The third-order valence-corrected chi connectivity index (χ3v) is 4.85. The molecule has 1 aliphatic heterocycles. The fourth-order valence-electron chi connectivity index (χ4n) is 3.70. The van der Waals surface area contributed by atoms with Crippen LogP contribution in [-0.4, -0.2) is 54.4 Å². The number of piperidine rings is 1. The highest BCUT2D eigenvalue weighted by Gasteiger charge is 2.23. The Hall–Kier alpha value is -0.810. The predicted octanol–water partition coefficient (Wildman–Crippen LogP) is 1.96. The summed E-state index contributed by atoms with van der Waals surface area (Å²) in [6, 6.07) is 0.266. The Morgan fingerprint density at radius 3 is 2.59 bits per heavy atom. The zero-order valence-corrected chi connectivity index (χ0v) is 14.2. The molecule has 5 nitrogen and oxygen atoms in total. The van der Waals surface area contributed by atoms with Gasteiger partial charge in [0.15, 0.2) is 0 Å². The van der Waals surface area contributed by atoms with E-state index in [0.29, 0.717) is 24.4 Å². The minimum Gasteiger partial charge on any atom is -0.393 e. The summed E-state index contributed by atoms with van der Waals surface area (Å²) in [6.45, 7) is 8.51. The van der Waals surface area contributed by atoms with E-state index in [0.717, 1.165) is 58.2 Å². The van der Waals surface area contributed by atoms with Crippen LogP contribution in [0.4, 0.5) is 4.79 Å². The van der Waals surface area contributed by atoms with Crippen LogP contribution < -0.4 is 10.6 Å². The third kappa shape index (κ3) is 6.13. The van der Waals surface area contributed by atoms with Gasteiger partial charge in [-0.1, -0.05) is 20.3 Å². The number of carbonyl (C=O) groups is 1. The van der Waals surface area contributed by atoms with Gasteiger partial charge in [-0.25, -0.2) is 4.79 Å². The van der Waals surface area contributed by atoms with Crippen LogP contribution in [0.5, 0.6) is 0 Å². The zero-order valence-electron chi connectivity index (χ0n) is 14.2. The number of carbonyl (C=O) groups excluding carboxylic acids is 1. The number of aliphatic hydroxyl groups is 1. The average Bonchev–Trinajstić information content (AvgIpc) is 2.47. The summed E-state index contributed by atoms with van der Waals surface area (Å²) in [7, 11) is 0. The van der Waals surface area contributed by atoms with Gasteiger partial charge >= 0.3 is 6.03 Å². The van der Waals surface area contributed by atoms with Crippen molar-refractivity contribution >= 4 is 6.03 Å². The van der Waals surface area contributed by atoms with Crippen molar-refractivity contribution in [2.24, 2.45) is 11.8 Å². The lowest BCUT2D eigenvalue weighted by molar-refractivity contribution is 0.101. The smallest absolute Gasteiger partial charge is 0.315 e. The second-order valence-electron chi connectivity index (χ2n) is 7.51. The molecule has 1 aliphatic carbocycles. The molecule has 2 unspecified atom stereocenters. The van der Waals surface area contributed by atoms with Crippen LogP contribution in [0.1, 0.15) is 52.4 Å². The predicted molar refractivity (Wildman–Crippen MR) is 88.8 cm³/mol. The lowest BCUT2D eigenvalue weighted by Crippen LogP contribution is -2.49. The van der Waals surface area contributed by atoms with Gasteiger partial charge in [-0.15, -0.1) is 0 Å². The molecule has 0 radical (unpaired) electrons. The number of aliphatic hydroxyl groups excluding tert-OH is 1. The van der Waals surface area contributed by atoms with E-state index in [9.17, 15) is 9.90 Å². The van der Waals surface area contributed by atoms with E-state index in [4.69, 9.17) is 0 Å². The molecule has 1 saturated carbocycles. The summed E-state index contributed by atoms with van der Waals surface area (Å²) in [5, 5.41) is 15.8. The zero-order chi connectivity index (χ0) is 15.9. The van der Waals surface area contributed by atoms with Gasteiger partial charge in [0, 0.05) is 32.2 Å². The van der Waals surface area contributed by atoms with Gasteiger partial charge in [-0.2, -0.15) is 0 Å². The van der Waals surface area contributed by atoms with Crippen LogP contribution in [0.3, 0.4) is 0 Å². The van der Waals surface area contributed by atoms with E-state index in [1.807, 2.05) is 0 Å². The Labute approximate surface area is 134 Å². The molecular formula is C17H33N3O2. The standard InChI is InChI=1S/C17H33N3O2/c1-13(2)12-20-8-6-15(7-9-20)19-17(22)18-11-14-4-3-5-16(21)10-14/h13-16,21H,3-12H2,1-2H3,(H2,18,19,22). The maximum atomic E-state index is 12.0. The van der Waals surface area contributed by atoms with Crippen molar-refractivity contribution in [3.63, 3.8) is 0 Å². The first kappa shape index (κ1) is 17.5. The van der Waals surface area contributed by atoms with E-state index in [2.05, 4.69) is 29.4 Å². The second-order valence-corrected chi connectivity index (χ2v) is 7.51. The molecule has 5 heteroatoms. The summed E-state index contributed by atoms with van der Waals surface area (Å²) < 4.78 is 0. The van der Waals surface area contributed by atoms with Crippen molar-refractivity contribution in [1.29, 1.82) is 0 Å². The Morgan fingerprint density at radius 2 is 1.95 bits per heavy atom. The van der Waals surface area contributed by atoms with Crippen molar-refractivity contribution in [3.05, 3.63) is 0 Å². The number of amides is 2. The molecule has 2 fully saturated rings. The van der Waals surface area contributed by atoms with Gasteiger partial charge in [0.25, 0.3) is 0 Å². The van der Waals surface area contributed by atoms with Gasteiger partial charge in [0.05, 0.1) is 6.10 Å². The van der Waals surface area contributed by atoms with Crippen molar-refractivity contribution in [1.82, 2.24) is 15.5 Å². The van der Waals surface area contributed by atoms with E-state index < -0.39 is 0 Å². The molecule has 0 aromatic heterocycles. The largest absolute Gasteiger partial charge is 0.393 e. The minimum absolute atomic E-state index is 0.0395. The van der Waals surface area contributed by atoms with Crippen LogP contribution in [0.2, 0.25) is 0 Å². The molecular weight excluding hydrogens is 278 g/mol. The molecule has 2 aliphatic rings. The monoisotopic (exact) mass is 311 g/mol. The first-order valence-corrected chi connectivity index (χ1v) is 8.97. The molecule has 128 valence electrons. The number of rotatable bonds is 5. The SMILES string of the molecule is CC(C)CN1CCC(NC(=O)NCC2CCCC(O)C2)CC1. The normalized spacial score (nSPS) is 27.8. The van der Waals surface area contributed by atoms with Crippen molar-refractivity contribution in [3.8, 4) is 0 Å². The Morgan fingerprint density at radius 1 is 1.23 bits per heavy atom. The first-order valence-electron chi connectivity index (χ1n) is 8.97. The van der Waals surface area contributed by atoms with Crippen LogP contribution >= 0.6 is 0 Å². The highest BCUT2D eigenvalue weighted by Crippen LogP contribution is 2.23. The Balaban J connectivity index is 1.59. The first-order chi connectivity index (χ1) is 10.5. The molecule has 1 heterocycles. The second kappa shape index (κ2) is 8.73. The highest BCUT2D eigenvalue weighted by atomic mass is 16.3. The number of hydrogen-bond donors (Lipinski definition) is 3. The molecule has 0 spiro atoms. The van der Waals surface area contributed by atoms with Gasteiger partial charge in [-0.3, -0.25) is 0 Å². The lowest BCUT2D eigenvalue weighted by atomic mass is 9.87. The number of nitrogens with zero attached hydrogens (tertiary/aromatic N) is 1. The number of nitrogens with one attached hydrogen (secondary N) is 2. The van der Waals surface area contributed by atoms with Crippen LogP contribution in [-0.2, 0) is 0 Å². The number of likely N-dealkylation sites (tertiary alicyclic amines) is 1. The van der Waals surface area contributed by atoms with Crippen LogP contribution in [0.15, 0.2) is 0 Å². The average molecular weight is 311 g/mol. The Bertz CT molecular complexity index is 341. The summed E-state index contributed by atoms with van der Waals surface area (Å²) >= 11 is 0. The topological polar surface area (TPSA) is 64.6 Å². The molecule has 3 N–H and O–H groups in total. The number of hydrogen-bond acceptors (Lipinski definition) is 3. The highest BCUT2D eigenvalue weighted by molar-refractivity contribution is 5.74. The van der Waals surface area contributed by atoms with Gasteiger partial charge < -0.3 is 20.6 Å². The molecule has 22 heavy (non-hydrogen) atoms. The van der Waals surface area contributed by atoms with Gasteiger partial charge in [0.1, 0.15) is 0 Å². The minimum atomic E-state index is -0.172. The van der Waals surface area contributed by atoms with Gasteiger partial charge in [0.2, 0.25) is 0 Å². The van der Waals surface area contributed by atoms with Crippen LogP contribution in [0, 0.1) is 11.8 Å². The van der Waals surface area contributed by atoms with E-state index in [-0.39, 0.29) is 12.1 Å². The summed E-state index contributed by atoms with van der Waals surface area (Å²) in [5.74, 6) is 1.14. The third-order valence-electron chi connectivity index (χ3n) is 4.85. The summed E-state index contributed by atoms with van der Waals surface area (Å²) in [5.41, 5.74) is 0.